The Kier molecular flexibility index (Phi) is 7.38. The number of fused-ring (bicyclic) bond motifs is 1. The van der Waals surface area contributed by atoms with E-state index in [-0.39, 0.29) is 54.7 Å². The van der Waals surface area contributed by atoms with Gasteiger partial charge in [0.25, 0.3) is 5.91 Å². The van der Waals surface area contributed by atoms with Crippen molar-refractivity contribution in [1.29, 1.82) is 0 Å². The molecular formula is C19H21ClN2O7S. The van der Waals surface area contributed by atoms with E-state index in [2.05, 4.69) is 10.0 Å². The molecule has 2 N–H and O–H groups in total. The van der Waals surface area contributed by atoms with Crippen LogP contribution in [0.3, 0.4) is 0 Å². The molecule has 9 nitrogen and oxygen atoms in total. The van der Waals surface area contributed by atoms with Crippen LogP contribution in [0.2, 0.25) is 5.02 Å². The Morgan fingerprint density at radius 1 is 1.17 bits per heavy atom. The van der Waals surface area contributed by atoms with Gasteiger partial charge in [0, 0.05) is 20.2 Å². The van der Waals surface area contributed by atoms with E-state index in [9.17, 15) is 13.2 Å². The topological polar surface area (TPSA) is 112 Å². The molecule has 2 aromatic rings. The lowest BCUT2D eigenvalue weighted by Gasteiger charge is -2.11. The van der Waals surface area contributed by atoms with E-state index < -0.39 is 10.0 Å². The molecule has 0 bridgehead atoms. The van der Waals surface area contributed by atoms with Gasteiger partial charge in [-0.3, -0.25) is 4.79 Å². The zero-order valence-corrected chi connectivity index (χ0v) is 17.7. The van der Waals surface area contributed by atoms with Crippen LogP contribution in [0.15, 0.2) is 41.3 Å². The minimum atomic E-state index is -3.72. The van der Waals surface area contributed by atoms with Crippen molar-refractivity contribution >= 4 is 27.5 Å². The van der Waals surface area contributed by atoms with Gasteiger partial charge in [0.2, 0.25) is 16.8 Å². The van der Waals surface area contributed by atoms with Crippen molar-refractivity contribution in [3.8, 4) is 17.2 Å². The smallest absolute Gasteiger partial charge is 0.258 e. The van der Waals surface area contributed by atoms with Crippen molar-refractivity contribution in [3.63, 3.8) is 0 Å². The van der Waals surface area contributed by atoms with Crippen LogP contribution in [0.1, 0.15) is 5.56 Å². The zero-order valence-electron chi connectivity index (χ0n) is 16.1. The van der Waals surface area contributed by atoms with E-state index in [4.69, 9.17) is 30.5 Å². The van der Waals surface area contributed by atoms with Gasteiger partial charge in [-0.2, -0.15) is 0 Å². The minimum Gasteiger partial charge on any atom is -0.482 e. The Morgan fingerprint density at radius 2 is 1.97 bits per heavy atom. The third-order valence-corrected chi connectivity index (χ3v) is 5.85. The number of rotatable bonds is 10. The lowest BCUT2D eigenvalue weighted by atomic mass is 10.2. The average Bonchev–Trinajstić information content (AvgIpc) is 3.19. The first kappa shape index (κ1) is 22.2. The van der Waals surface area contributed by atoms with Gasteiger partial charge in [0.1, 0.15) is 5.75 Å². The molecule has 30 heavy (non-hydrogen) atoms. The van der Waals surface area contributed by atoms with Crippen LogP contribution >= 0.6 is 11.6 Å². The summed E-state index contributed by atoms with van der Waals surface area (Å²) in [5, 5.41) is 2.80. The number of nitrogens with one attached hydrogen (secondary N) is 2. The largest absolute Gasteiger partial charge is 0.482 e. The van der Waals surface area contributed by atoms with Crippen molar-refractivity contribution in [2.24, 2.45) is 0 Å². The third-order valence-electron chi connectivity index (χ3n) is 4.10. The maximum atomic E-state index is 12.2. The van der Waals surface area contributed by atoms with Gasteiger partial charge >= 0.3 is 0 Å². The van der Waals surface area contributed by atoms with Gasteiger partial charge in [-0.05, 0) is 35.9 Å². The number of ether oxygens (including phenoxy) is 4. The maximum Gasteiger partial charge on any atom is 0.258 e. The number of hydrogen-bond donors (Lipinski definition) is 2. The highest BCUT2D eigenvalue weighted by molar-refractivity contribution is 7.89. The van der Waals surface area contributed by atoms with Crippen molar-refractivity contribution in [2.75, 3.05) is 33.7 Å². The molecule has 0 radical (unpaired) electrons. The SMILES string of the molecule is COCCNS(=O)(=O)c1ccc(OCC(=O)NCc2ccc3c(c2)OCO3)c(Cl)c1. The molecule has 0 saturated carbocycles. The van der Waals surface area contributed by atoms with Crippen LogP contribution in [0.25, 0.3) is 0 Å². The van der Waals surface area contributed by atoms with Gasteiger partial charge in [-0.1, -0.05) is 17.7 Å². The number of sulfonamides is 1. The van der Waals surface area contributed by atoms with E-state index in [0.717, 1.165) is 5.56 Å². The maximum absolute atomic E-state index is 12.2. The highest BCUT2D eigenvalue weighted by Crippen LogP contribution is 2.32. The Hall–Kier alpha value is -2.53. The molecule has 162 valence electrons. The van der Waals surface area contributed by atoms with Gasteiger partial charge in [-0.15, -0.1) is 0 Å². The lowest BCUT2D eigenvalue weighted by Crippen LogP contribution is -2.28. The molecule has 0 aliphatic carbocycles. The summed E-state index contributed by atoms with van der Waals surface area (Å²) in [6.07, 6.45) is 0. The number of benzene rings is 2. The summed E-state index contributed by atoms with van der Waals surface area (Å²) in [6.45, 7) is 0.580. The second-order valence-corrected chi connectivity index (χ2v) is 8.41. The summed E-state index contributed by atoms with van der Waals surface area (Å²) >= 11 is 6.11. The molecule has 0 atom stereocenters. The molecule has 0 fully saturated rings. The number of hydrogen-bond acceptors (Lipinski definition) is 7. The van der Waals surface area contributed by atoms with E-state index in [1.807, 2.05) is 6.07 Å². The van der Waals surface area contributed by atoms with Crippen LogP contribution in [0.4, 0.5) is 0 Å². The number of carbonyl (C=O) groups excluding carboxylic acids is 1. The average molecular weight is 457 g/mol. The van der Waals surface area contributed by atoms with Crippen LogP contribution in [-0.4, -0.2) is 48.0 Å². The Bertz CT molecular complexity index is 1010. The summed E-state index contributed by atoms with van der Waals surface area (Å²) in [7, 11) is -2.24. The first-order valence-corrected chi connectivity index (χ1v) is 10.8. The highest BCUT2D eigenvalue weighted by Gasteiger charge is 2.17. The molecule has 1 heterocycles. The van der Waals surface area contributed by atoms with Gasteiger partial charge in [0.15, 0.2) is 18.1 Å². The van der Waals surface area contributed by atoms with Crippen molar-refractivity contribution in [2.45, 2.75) is 11.4 Å². The standard InChI is InChI=1S/C19H21ClN2O7S/c1-26-7-6-22-30(24,25)14-3-5-16(15(20)9-14)27-11-19(23)21-10-13-2-4-17-18(8-13)29-12-28-17/h2-5,8-9,22H,6-7,10-12H2,1H3,(H,21,23). The fourth-order valence-electron chi connectivity index (χ4n) is 2.57. The first-order chi connectivity index (χ1) is 14.4. The molecule has 1 aliphatic rings. The van der Waals surface area contributed by atoms with Crippen LogP contribution in [-0.2, 0) is 26.1 Å². The summed E-state index contributed by atoms with van der Waals surface area (Å²) in [4.78, 5) is 12.0. The predicted molar refractivity (Wildman–Crippen MR) is 108 cm³/mol. The van der Waals surface area contributed by atoms with Gasteiger partial charge < -0.3 is 24.3 Å². The van der Waals surface area contributed by atoms with Crippen molar-refractivity contribution in [1.82, 2.24) is 10.0 Å². The number of methoxy groups -OCH3 is 1. The predicted octanol–water partition coefficient (Wildman–Crippen LogP) is 1.69. The molecule has 0 spiro atoms. The van der Waals surface area contributed by atoms with E-state index >= 15 is 0 Å². The molecule has 0 aromatic heterocycles. The molecule has 1 aliphatic heterocycles. The van der Waals surface area contributed by atoms with Crippen LogP contribution in [0, 0.1) is 0 Å². The first-order valence-electron chi connectivity index (χ1n) is 8.95. The summed E-state index contributed by atoms with van der Waals surface area (Å²) in [5.74, 6) is 1.14. The Balaban J connectivity index is 1.50. The zero-order chi connectivity index (χ0) is 21.6. The van der Waals surface area contributed by atoms with Crippen LogP contribution < -0.4 is 24.2 Å². The Labute approximate surface area is 179 Å². The van der Waals surface area contributed by atoms with Crippen molar-refractivity contribution in [3.05, 3.63) is 47.0 Å². The third kappa shape index (κ3) is 5.76. The summed E-state index contributed by atoms with van der Waals surface area (Å²) in [6, 6.07) is 9.40. The van der Waals surface area contributed by atoms with Gasteiger partial charge in [-0.25, -0.2) is 13.1 Å². The number of carbonyl (C=O) groups is 1. The molecule has 2 aromatic carbocycles. The van der Waals surface area contributed by atoms with E-state index in [1.165, 1.54) is 25.3 Å². The number of amides is 1. The van der Waals surface area contributed by atoms with Gasteiger partial charge in [0.05, 0.1) is 16.5 Å². The fourth-order valence-corrected chi connectivity index (χ4v) is 3.91. The molecule has 11 heteroatoms. The Morgan fingerprint density at radius 3 is 2.73 bits per heavy atom. The quantitative estimate of drug-likeness (QED) is 0.523. The molecule has 1 amide bonds. The van der Waals surface area contributed by atoms with E-state index in [1.54, 1.807) is 12.1 Å². The van der Waals surface area contributed by atoms with E-state index in [0.29, 0.717) is 11.5 Å². The summed E-state index contributed by atoms with van der Waals surface area (Å²) in [5.41, 5.74) is 0.848. The normalized spacial score (nSPS) is 12.6. The highest BCUT2D eigenvalue weighted by atomic mass is 35.5. The monoisotopic (exact) mass is 456 g/mol. The summed E-state index contributed by atoms with van der Waals surface area (Å²) < 4.78 is 47.5. The minimum absolute atomic E-state index is 0.0109. The number of halogens is 1. The molecule has 0 unspecified atom stereocenters. The van der Waals surface area contributed by atoms with Crippen molar-refractivity contribution < 1.29 is 32.2 Å². The van der Waals surface area contributed by atoms with Crippen LogP contribution in [0.5, 0.6) is 17.2 Å². The second kappa shape index (κ2) is 9.98. The molecule has 3 rings (SSSR count). The molecule has 0 saturated heterocycles. The molecular weight excluding hydrogens is 436 g/mol. The fraction of sp³-hybridized carbons (Fsp3) is 0.316. The lowest BCUT2D eigenvalue weighted by molar-refractivity contribution is -0.123. The second-order valence-electron chi connectivity index (χ2n) is 6.24.